The Kier molecular flexibility index (Phi) is 2.44. The van der Waals surface area contributed by atoms with E-state index in [4.69, 9.17) is 9.47 Å². The van der Waals surface area contributed by atoms with Crippen LogP contribution in [0, 0.1) is 5.92 Å². The molecule has 2 fully saturated rings. The van der Waals surface area contributed by atoms with E-state index in [1.807, 2.05) is 6.92 Å². The van der Waals surface area contributed by atoms with E-state index in [2.05, 4.69) is 0 Å². The summed E-state index contributed by atoms with van der Waals surface area (Å²) in [7, 11) is 0. The number of rotatable bonds is 1. The van der Waals surface area contributed by atoms with Crippen LogP contribution in [0.2, 0.25) is 0 Å². The van der Waals surface area contributed by atoms with E-state index in [1.165, 1.54) is 6.92 Å². The van der Waals surface area contributed by atoms with Gasteiger partial charge in [0.2, 0.25) is 0 Å². The third kappa shape index (κ3) is 1.98. The van der Waals surface area contributed by atoms with E-state index in [0.29, 0.717) is 6.42 Å². The van der Waals surface area contributed by atoms with Crippen LogP contribution in [0.5, 0.6) is 0 Å². The standard InChI is InChI=1S/C11H16O4/c1-7(12)14-9-3-4-11(2)8(5-9)6-10(13)15-11/h8-9H,3-6H2,1-2H3/t8-,9-,11-/m1/s1. The van der Waals surface area contributed by atoms with E-state index in [1.54, 1.807) is 0 Å². The predicted molar refractivity (Wildman–Crippen MR) is 52.0 cm³/mol. The first-order valence-electron chi connectivity index (χ1n) is 5.39. The number of carbonyl (C=O) groups excluding carboxylic acids is 2. The molecule has 4 nitrogen and oxygen atoms in total. The van der Waals surface area contributed by atoms with Gasteiger partial charge in [-0.05, 0) is 26.2 Å². The number of ether oxygens (including phenoxy) is 2. The van der Waals surface area contributed by atoms with E-state index >= 15 is 0 Å². The monoisotopic (exact) mass is 212 g/mol. The van der Waals surface area contributed by atoms with Crippen LogP contribution in [0.1, 0.15) is 39.5 Å². The molecule has 0 amide bonds. The Morgan fingerprint density at radius 3 is 3.00 bits per heavy atom. The molecule has 1 heterocycles. The Balaban J connectivity index is 2.00. The van der Waals surface area contributed by atoms with E-state index < -0.39 is 0 Å². The largest absolute Gasteiger partial charge is 0.463 e. The molecule has 0 aromatic carbocycles. The highest BCUT2D eigenvalue weighted by Gasteiger charge is 2.49. The Hall–Kier alpha value is -1.06. The van der Waals surface area contributed by atoms with Crippen LogP contribution in [0.3, 0.4) is 0 Å². The smallest absolute Gasteiger partial charge is 0.306 e. The van der Waals surface area contributed by atoms with Crippen molar-refractivity contribution in [3.05, 3.63) is 0 Å². The fourth-order valence-electron chi connectivity index (χ4n) is 2.61. The summed E-state index contributed by atoms with van der Waals surface area (Å²) in [5.74, 6) is -0.150. The molecule has 0 N–H and O–H groups in total. The molecular weight excluding hydrogens is 196 g/mol. The molecule has 1 aliphatic heterocycles. The first kappa shape index (κ1) is 10.5. The zero-order chi connectivity index (χ0) is 11.1. The van der Waals surface area contributed by atoms with Crippen LogP contribution in [0.25, 0.3) is 0 Å². The van der Waals surface area contributed by atoms with Gasteiger partial charge in [-0.2, -0.15) is 0 Å². The van der Waals surface area contributed by atoms with Gasteiger partial charge in [0.05, 0.1) is 6.42 Å². The van der Waals surface area contributed by atoms with Gasteiger partial charge < -0.3 is 9.47 Å². The molecule has 0 bridgehead atoms. The van der Waals surface area contributed by atoms with Crippen LogP contribution in [0.15, 0.2) is 0 Å². The summed E-state index contributed by atoms with van der Waals surface area (Å²) in [6.45, 7) is 3.40. The average Bonchev–Trinajstić information content (AvgIpc) is 2.38. The van der Waals surface area contributed by atoms with Gasteiger partial charge in [0.1, 0.15) is 11.7 Å². The van der Waals surface area contributed by atoms with Gasteiger partial charge in [-0.25, -0.2) is 0 Å². The second kappa shape index (κ2) is 3.51. The first-order chi connectivity index (χ1) is 6.99. The normalized spacial score (nSPS) is 39.5. The van der Waals surface area contributed by atoms with Crippen molar-refractivity contribution in [1.82, 2.24) is 0 Å². The predicted octanol–water partition coefficient (Wildman–Crippen LogP) is 1.42. The lowest BCUT2D eigenvalue weighted by atomic mass is 9.75. The van der Waals surface area contributed by atoms with Gasteiger partial charge >= 0.3 is 11.9 Å². The lowest BCUT2D eigenvalue weighted by Crippen LogP contribution is -2.40. The summed E-state index contributed by atoms with van der Waals surface area (Å²) in [5.41, 5.74) is -0.312. The number of hydrogen-bond acceptors (Lipinski definition) is 4. The number of esters is 2. The molecule has 2 rings (SSSR count). The molecular formula is C11H16O4. The molecule has 4 heteroatoms. The van der Waals surface area contributed by atoms with Gasteiger partial charge in [-0.3, -0.25) is 9.59 Å². The molecule has 3 atom stereocenters. The van der Waals surface area contributed by atoms with Crippen molar-refractivity contribution in [3.63, 3.8) is 0 Å². The van der Waals surface area contributed by atoms with Crippen molar-refractivity contribution in [2.24, 2.45) is 5.92 Å². The highest BCUT2D eigenvalue weighted by molar-refractivity contribution is 5.73. The minimum absolute atomic E-state index is 0.0323. The topological polar surface area (TPSA) is 52.6 Å². The van der Waals surface area contributed by atoms with Crippen molar-refractivity contribution in [2.75, 3.05) is 0 Å². The molecule has 0 aromatic heterocycles. The fraction of sp³-hybridized carbons (Fsp3) is 0.818. The maximum absolute atomic E-state index is 11.2. The van der Waals surface area contributed by atoms with Crippen LogP contribution in [0.4, 0.5) is 0 Å². The van der Waals surface area contributed by atoms with Crippen molar-refractivity contribution in [3.8, 4) is 0 Å². The lowest BCUT2D eigenvalue weighted by molar-refractivity contribution is -0.158. The zero-order valence-electron chi connectivity index (χ0n) is 9.12. The van der Waals surface area contributed by atoms with Crippen molar-refractivity contribution >= 4 is 11.9 Å². The SMILES string of the molecule is CC(=O)O[C@@H]1CC[C@@]2(C)OC(=O)C[C@H]2C1. The molecule has 0 aromatic rings. The number of fused-ring (bicyclic) bond motifs is 1. The highest BCUT2D eigenvalue weighted by Crippen LogP contribution is 2.44. The highest BCUT2D eigenvalue weighted by atomic mass is 16.6. The summed E-state index contributed by atoms with van der Waals surface area (Å²) in [6.07, 6.45) is 2.77. The molecule has 0 unspecified atom stereocenters. The van der Waals surface area contributed by atoms with Crippen molar-refractivity contribution in [2.45, 2.75) is 51.2 Å². The van der Waals surface area contributed by atoms with Gasteiger partial charge in [0.15, 0.2) is 0 Å². The van der Waals surface area contributed by atoms with Gasteiger partial charge in [0, 0.05) is 12.8 Å². The van der Waals surface area contributed by atoms with E-state index in [-0.39, 0.29) is 29.6 Å². The number of carbonyl (C=O) groups is 2. The van der Waals surface area contributed by atoms with E-state index in [9.17, 15) is 9.59 Å². The summed E-state index contributed by atoms with van der Waals surface area (Å²) in [6, 6.07) is 0. The molecule has 15 heavy (non-hydrogen) atoms. The van der Waals surface area contributed by atoms with E-state index in [0.717, 1.165) is 19.3 Å². The Morgan fingerprint density at radius 2 is 2.33 bits per heavy atom. The average molecular weight is 212 g/mol. The molecule has 1 saturated heterocycles. The molecule has 84 valence electrons. The molecule has 1 aliphatic carbocycles. The Labute approximate surface area is 88.9 Å². The number of hydrogen-bond donors (Lipinski definition) is 0. The van der Waals surface area contributed by atoms with Gasteiger partial charge in [-0.1, -0.05) is 0 Å². The fourth-order valence-corrected chi connectivity index (χ4v) is 2.61. The molecule has 0 radical (unpaired) electrons. The minimum atomic E-state index is -0.312. The quantitative estimate of drug-likeness (QED) is 0.617. The van der Waals surface area contributed by atoms with Crippen molar-refractivity contribution < 1.29 is 19.1 Å². The summed E-state index contributed by atoms with van der Waals surface area (Å²) in [4.78, 5) is 22.0. The summed E-state index contributed by atoms with van der Waals surface area (Å²) >= 11 is 0. The van der Waals surface area contributed by atoms with Crippen molar-refractivity contribution in [1.29, 1.82) is 0 Å². The summed E-state index contributed by atoms with van der Waals surface area (Å²) < 4.78 is 10.5. The Morgan fingerprint density at radius 1 is 1.60 bits per heavy atom. The zero-order valence-corrected chi connectivity index (χ0v) is 9.12. The first-order valence-corrected chi connectivity index (χ1v) is 5.39. The van der Waals surface area contributed by atoms with Gasteiger partial charge in [-0.15, -0.1) is 0 Å². The van der Waals surface area contributed by atoms with Crippen LogP contribution >= 0.6 is 0 Å². The second-order valence-corrected chi connectivity index (χ2v) is 4.69. The Bertz CT molecular complexity index is 299. The van der Waals surface area contributed by atoms with Crippen LogP contribution < -0.4 is 0 Å². The van der Waals surface area contributed by atoms with Gasteiger partial charge in [0.25, 0.3) is 0 Å². The second-order valence-electron chi connectivity index (χ2n) is 4.69. The maximum atomic E-state index is 11.2. The minimum Gasteiger partial charge on any atom is -0.463 e. The third-order valence-corrected chi connectivity index (χ3v) is 3.47. The lowest BCUT2D eigenvalue weighted by Gasteiger charge is -2.37. The van der Waals surface area contributed by atoms with Crippen LogP contribution in [-0.2, 0) is 19.1 Å². The molecule has 2 aliphatic rings. The molecule has 1 saturated carbocycles. The van der Waals surface area contributed by atoms with Crippen LogP contribution in [-0.4, -0.2) is 23.6 Å². The third-order valence-electron chi connectivity index (χ3n) is 3.47. The summed E-state index contributed by atoms with van der Waals surface area (Å²) in [5, 5.41) is 0. The maximum Gasteiger partial charge on any atom is 0.306 e. The molecule has 0 spiro atoms.